The minimum absolute atomic E-state index is 0.0201. The third kappa shape index (κ3) is 2.18. The lowest BCUT2D eigenvalue weighted by Crippen LogP contribution is -2.32. The molecule has 2 atom stereocenters. The zero-order valence-electron chi connectivity index (χ0n) is 12.6. The van der Waals surface area contributed by atoms with Crippen molar-refractivity contribution >= 4 is 17.5 Å². The van der Waals surface area contributed by atoms with Gasteiger partial charge in [-0.2, -0.15) is 0 Å². The first-order chi connectivity index (χ1) is 9.95. The van der Waals surface area contributed by atoms with Crippen LogP contribution in [0.15, 0.2) is 24.3 Å². The summed E-state index contributed by atoms with van der Waals surface area (Å²) in [5, 5.41) is 0. The van der Waals surface area contributed by atoms with E-state index < -0.39 is 0 Å². The zero-order chi connectivity index (χ0) is 15.2. The van der Waals surface area contributed by atoms with Gasteiger partial charge in [0.05, 0.1) is 17.5 Å². The highest BCUT2D eigenvalue weighted by Crippen LogP contribution is 2.41. The fraction of sp³-hybridized carbons (Fsp3) is 0.529. The Hall–Kier alpha value is -1.68. The summed E-state index contributed by atoms with van der Waals surface area (Å²) >= 11 is 0. The summed E-state index contributed by atoms with van der Waals surface area (Å²) in [6.07, 6.45) is 2.69. The monoisotopic (exact) mass is 286 g/mol. The van der Waals surface area contributed by atoms with Gasteiger partial charge >= 0.3 is 0 Å². The van der Waals surface area contributed by atoms with Crippen molar-refractivity contribution in [1.29, 1.82) is 0 Å². The Kier molecular flexibility index (Phi) is 3.36. The van der Waals surface area contributed by atoms with Gasteiger partial charge in [0.2, 0.25) is 11.8 Å². The summed E-state index contributed by atoms with van der Waals surface area (Å²) in [6.45, 7) is 4.72. The van der Waals surface area contributed by atoms with Crippen molar-refractivity contribution in [2.24, 2.45) is 17.6 Å². The molecule has 2 amide bonds. The molecule has 1 saturated heterocycles. The van der Waals surface area contributed by atoms with Gasteiger partial charge in [-0.1, -0.05) is 32.4 Å². The first-order valence-corrected chi connectivity index (χ1v) is 7.64. The Bertz CT molecular complexity index is 555. The summed E-state index contributed by atoms with van der Waals surface area (Å²) in [4.78, 5) is 26.2. The lowest BCUT2D eigenvalue weighted by Gasteiger charge is -2.24. The maximum Gasteiger partial charge on any atom is 0.237 e. The van der Waals surface area contributed by atoms with Crippen molar-refractivity contribution in [2.75, 3.05) is 11.4 Å². The van der Waals surface area contributed by atoms with Gasteiger partial charge in [0.15, 0.2) is 0 Å². The number of carbonyl (C=O) groups is 2. The molecule has 4 heteroatoms. The molecule has 1 aromatic rings. The van der Waals surface area contributed by atoms with E-state index in [1.54, 1.807) is 0 Å². The molecule has 0 bridgehead atoms. The molecule has 3 rings (SSSR count). The van der Waals surface area contributed by atoms with Crippen molar-refractivity contribution in [1.82, 2.24) is 0 Å². The smallest absolute Gasteiger partial charge is 0.237 e. The van der Waals surface area contributed by atoms with E-state index in [-0.39, 0.29) is 29.1 Å². The van der Waals surface area contributed by atoms with Crippen LogP contribution in [0, 0.1) is 11.8 Å². The first-order valence-electron chi connectivity index (χ1n) is 7.64. The topological polar surface area (TPSA) is 63.4 Å². The molecule has 1 aliphatic heterocycles. The number of hydrogen-bond donors (Lipinski definition) is 1. The largest absolute Gasteiger partial charge is 0.330 e. The van der Waals surface area contributed by atoms with E-state index in [1.807, 2.05) is 24.3 Å². The SMILES string of the molecule is CC(C)(CN)c1ccc(N2C(=O)C3CCCC3C2=O)cc1. The maximum atomic E-state index is 12.4. The lowest BCUT2D eigenvalue weighted by atomic mass is 9.85. The van der Waals surface area contributed by atoms with Crippen LogP contribution in [0.4, 0.5) is 5.69 Å². The molecule has 0 radical (unpaired) electrons. The quantitative estimate of drug-likeness (QED) is 0.867. The first kappa shape index (κ1) is 14.3. The van der Waals surface area contributed by atoms with Crippen LogP contribution in [0.25, 0.3) is 0 Å². The fourth-order valence-electron chi connectivity index (χ4n) is 3.43. The maximum absolute atomic E-state index is 12.4. The highest BCUT2D eigenvalue weighted by Gasteiger charge is 2.50. The highest BCUT2D eigenvalue weighted by atomic mass is 16.2. The second-order valence-electron chi connectivity index (χ2n) is 6.79. The summed E-state index contributed by atoms with van der Waals surface area (Å²) < 4.78 is 0. The summed E-state index contributed by atoms with van der Waals surface area (Å²) in [7, 11) is 0. The molecule has 2 unspecified atom stereocenters. The van der Waals surface area contributed by atoms with E-state index in [2.05, 4.69) is 13.8 Å². The number of anilines is 1. The van der Waals surface area contributed by atoms with Crippen LogP contribution in [-0.4, -0.2) is 18.4 Å². The summed E-state index contributed by atoms with van der Waals surface area (Å²) in [5.41, 5.74) is 7.49. The van der Waals surface area contributed by atoms with E-state index in [9.17, 15) is 9.59 Å². The Morgan fingerprint density at radius 1 is 1.10 bits per heavy atom. The molecule has 0 aromatic heterocycles. The zero-order valence-corrected chi connectivity index (χ0v) is 12.6. The molecule has 1 aliphatic carbocycles. The van der Waals surface area contributed by atoms with Gasteiger partial charge in [-0.15, -0.1) is 0 Å². The Balaban J connectivity index is 1.88. The van der Waals surface area contributed by atoms with Crippen LogP contribution < -0.4 is 10.6 Å². The van der Waals surface area contributed by atoms with Crippen molar-refractivity contribution in [3.05, 3.63) is 29.8 Å². The molecule has 112 valence electrons. The van der Waals surface area contributed by atoms with Crippen molar-refractivity contribution in [3.8, 4) is 0 Å². The molecule has 21 heavy (non-hydrogen) atoms. The van der Waals surface area contributed by atoms with Crippen molar-refractivity contribution < 1.29 is 9.59 Å². The molecule has 1 saturated carbocycles. The van der Waals surface area contributed by atoms with Crippen LogP contribution in [0.5, 0.6) is 0 Å². The predicted octanol–water partition coefficient (Wildman–Crippen LogP) is 2.21. The summed E-state index contributed by atoms with van der Waals surface area (Å²) in [6, 6.07) is 7.67. The number of amides is 2. The van der Waals surface area contributed by atoms with E-state index in [1.165, 1.54) is 4.90 Å². The normalized spacial score (nSPS) is 25.6. The number of carbonyl (C=O) groups excluding carboxylic acids is 2. The molecule has 1 aromatic carbocycles. The van der Waals surface area contributed by atoms with Gasteiger partial charge in [-0.25, -0.2) is 0 Å². The van der Waals surface area contributed by atoms with Crippen molar-refractivity contribution in [3.63, 3.8) is 0 Å². The van der Waals surface area contributed by atoms with E-state index >= 15 is 0 Å². The Labute approximate surface area is 125 Å². The van der Waals surface area contributed by atoms with Gasteiger partial charge < -0.3 is 5.73 Å². The molecular weight excluding hydrogens is 264 g/mol. The van der Waals surface area contributed by atoms with E-state index in [0.717, 1.165) is 24.8 Å². The highest BCUT2D eigenvalue weighted by molar-refractivity contribution is 6.22. The van der Waals surface area contributed by atoms with Gasteiger partial charge in [-0.3, -0.25) is 14.5 Å². The van der Waals surface area contributed by atoms with Gasteiger partial charge in [0.25, 0.3) is 0 Å². The van der Waals surface area contributed by atoms with E-state index in [0.29, 0.717) is 12.2 Å². The standard InChI is InChI=1S/C17H22N2O2/c1-17(2,10-18)11-6-8-12(9-7-11)19-15(20)13-4-3-5-14(13)16(19)21/h6-9,13-14H,3-5,10,18H2,1-2H3. The van der Waals surface area contributed by atoms with E-state index in [4.69, 9.17) is 5.73 Å². The minimum Gasteiger partial charge on any atom is -0.330 e. The molecule has 0 spiro atoms. The number of rotatable bonds is 3. The van der Waals surface area contributed by atoms with Crippen molar-refractivity contribution in [2.45, 2.75) is 38.5 Å². The summed E-state index contributed by atoms with van der Waals surface area (Å²) in [5.74, 6) is -0.211. The minimum atomic E-state index is -0.103. The van der Waals surface area contributed by atoms with Crippen LogP contribution in [-0.2, 0) is 15.0 Å². The average molecular weight is 286 g/mol. The molecule has 2 fully saturated rings. The third-order valence-electron chi connectivity index (χ3n) is 5.01. The number of benzene rings is 1. The number of fused-ring (bicyclic) bond motifs is 1. The fourth-order valence-corrected chi connectivity index (χ4v) is 3.43. The number of imide groups is 1. The number of nitrogens with zero attached hydrogens (tertiary/aromatic N) is 1. The van der Waals surface area contributed by atoms with Gasteiger partial charge in [0.1, 0.15) is 0 Å². The lowest BCUT2D eigenvalue weighted by molar-refractivity contribution is -0.122. The molecule has 2 aliphatic rings. The van der Waals surface area contributed by atoms with Crippen LogP contribution in [0.1, 0.15) is 38.7 Å². The van der Waals surface area contributed by atoms with Gasteiger partial charge in [-0.05, 0) is 30.5 Å². The average Bonchev–Trinajstić information content (AvgIpc) is 3.04. The van der Waals surface area contributed by atoms with Gasteiger partial charge in [0, 0.05) is 12.0 Å². The predicted molar refractivity (Wildman–Crippen MR) is 81.8 cm³/mol. The number of hydrogen-bond acceptors (Lipinski definition) is 3. The molecule has 2 N–H and O–H groups in total. The van der Waals surface area contributed by atoms with Crippen LogP contribution >= 0.6 is 0 Å². The van der Waals surface area contributed by atoms with Crippen LogP contribution in [0.2, 0.25) is 0 Å². The Morgan fingerprint density at radius 2 is 1.62 bits per heavy atom. The second kappa shape index (κ2) is 4.95. The molecular formula is C17H22N2O2. The second-order valence-corrected chi connectivity index (χ2v) is 6.79. The molecule has 4 nitrogen and oxygen atoms in total. The van der Waals surface area contributed by atoms with Crippen LogP contribution in [0.3, 0.4) is 0 Å². The molecule has 1 heterocycles. The Morgan fingerprint density at radius 3 is 2.10 bits per heavy atom. The third-order valence-corrected chi connectivity index (χ3v) is 5.01. The number of nitrogens with two attached hydrogens (primary N) is 1.